The summed E-state index contributed by atoms with van der Waals surface area (Å²) in [5.74, 6) is -0.451. The summed E-state index contributed by atoms with van der Waals surface area (Å²) >= 11 is 0. The van der Waals surface area contributed by atoms with Gasteiger partial charge in [0, 0.05) is 17.8 Å². The third kappa shape index (κ3) is 3.17. The second kappa shape index (κ2) is 6.27. The van der Waals surface area contributed by atoms with Crippen LogP contribution in [0, 0.1) is 18.7 Å². The highest BCUT2D eigenvalue weighted by Crippen LogP contribution is 2.20. The Morgan fingerprint density at radius 1 is 1.41 bits per heavy atom. The molecule has 0 aliphatic carbocycles. The Morgan fingerprint density at radius 3 is 2.82 bits per heavy atom. The maximum atomic E-state index is 14.2. The number of rotatable bonds is 3. The van der Waals surface area contributed by atoms with Gasteiger partial charge in [-0.25, -0.2) is 9.07 Å². The molecule has 5 nitrogen and oxygen atoms in total. The average Bonchev–Trinajstić information content (AvgIpc) is 2.94. The normalized spacial score (nSPS) is 15.7. The highest BCUT2D eigenvalue weighted by atomic mass is 19.1. The van der Waals surface area contributed by atoms with E-state index >= 15 is 0 Å². The first-order valence-corrected chi connectivity index (χ1v) is 7.46. The molecule has 1 aliphatic heterocycles. The van der Waals surface area contributed by atoms with Gasteiger partial charge in [-0.15, -0.1) is 0 Å². The number of amides is 1. The number of piperidine rings is 1. The maximum absolute atomic E-state index is 14.2. The fourth-order valence-electron chi connectivity index (χ4n) is 2.64. The summed E-state index contributed by atoms with van der Waals surface area (Å²) in [6.45, 7) is 3.60. The number of nitrogens with zero attached hydrogens (tertiary/aromatic N) is 2. The number of aromatic nitrogens is 2. The number of nitrogens with one attached hydrogen (secondary N) is 2. The molecule has 1 aromatic carbocycles. The standard InChI is InChI=1S/C16H19FN4O/c1-11-9-19-21(10-11)15-3-2-13(8-14(15)17)20-16(22)12-4-6-18-7-5-12/h2-3,8-10,12,18H,4-7H2,1H3,(H,20,22). The molecule has 116 valence electrons. The van der Waals surface area contributed by atoms with Crippen molar-refractivity contribution in [2.75, 3.05) is 18.4 Å². The van der Waals surface area contributed by atoms with Crippen LogP contribution < -0.4 is 10.6 Å². The number of carbonyl (C=O) groups excluding carboxylic acids is 1. The molecule has 0 unspecified atom stereocenters. The summed E-state index contributed by atoms with van der Waals surface area (Å²) in [6, 6.07) is 4.67. The van der Waals surface area contributed by atoms with Gasteiger partial charge < -0.3 is 10.6 Å². The summed E-state index contributed by atoms with van der Waals surface area (Å²) < 4.78 is 15.7. The Kier molecular flexibility index (Phi) is 4.20. The molecular weight excluding hydrogens is 283 g/mol. The Balaban J connectivity index is 1.73. The van der Waals surface area contributed by atoms with E-state index in [2.05, 4.69) is 15.7 Å². The summed E-state index contributed by atoms with van der Waals surface area (Å²) in [6.07, 6.45) is 5.07. The van der Waals surface area contributed by atoms with Gasteiger partial charge in [0.2, 0.25) is 5.91 Å². The second-order valence-corrected chi connectivity index (χ2v) is 5.64. The Labute approximate surface area is 128 Å². The highest BCUT2D eigenvalue weighted by molar-refractivity contribution is 5.92. The van der Waals surface area contributed by atoms with Crippen molar-refractivity contribution in [2.24, 2.45) is 5.92 Å². The topological polar surface area (TPSA) is 59.0 Å². The van der Waals surface area contributed by atoms with Gasteiger partial charge in [-0.2, -0.15) is 5.10 Å². The second-order valence-electron chi connectivity index (χ2n) is 5.64. The van der Waals surface area contributed by atoms with E-state index in [1.54, 1.807) is 24.5 Å². The molecule has 2 N–H and O–H groups in total. The number of benzene rings is 1. The van der Waals surface area contributed by atoms with Gasteiger partial charge >= 0.3 is 0 Å². The number of aryl methyl sites for hydroxylation is 1. The van der Waals surface area contributed by atoms with Crippen molar-refractivity contribution in [3.8, 4) is 5.69 Å². The van der Waals surface area contributed by atoms with Crippen LogP contribution in [0.15, 0.2) is 30.6 Å². The first-order chi connectivity index (χ1) is 10.6. The molecule has 6 heteroatoms. The van der Waals surface area contributed by atoms with Gasteiger partial charge in [-0.1, -0.05) is 0 Å². The molecule has 3 rings (SSSR count). The summed E-state index contributed by atoms with van der Waals surface area (Å²) in [5.41, 5.74) is 1.81. The van der Waals surface area contributed by atoms with Crippen LogP contribution in [0.1, 0.15) is 18.4 Å². The van der Waals surface area contributed by atoms with Gasteiger partial charge in [0.15, 0.2) is 5.82 Å². The van der Waals surface area contributed by atoms with Crippen LogP contribution in [0.2, 0.25) is 0 Å². The SMILES string of the molecule is Cc1cnn(-c2ccc(NC(=O)C3CCNCC3)cc2F)c1. The van der Waals surface area contributed by atoms with Gasteiger partial charge in [-0.05, 0) is 56.6 Å². The molecular formula is C16H19FN4O. The van der Waals surface area contributed by atoms with E-state index < -0.39 is 5.82 Å². The highest BCUT2D eigenvalue weighted by Gasteiger charge is 2.21. The molecule has 0 bridgehead atoms. The minimum absolute atomic E-state index is 0.00208. The van der Waals surface area contributed by atoms with Crippen LogP contribution in [0.4, 0.5) is 10.1 Å². The van der Waals surface area contributed by atoms with E-state index in [1.807, 2.05) is 6.92 Å². The van der Waals surface area contributed by atoms with Gasteiger partial charge in [0.25, 0.3) is 0 Å². The first-order valence-electron chi connectivity index (χ1n) is 7.46. The van der Waals surface area contributed by atoms with Crippen LogP contribution in [-0.2, 0) is 4.79 Å². The Morgan fingerprint density at radius 2 is 2.18 bits per heavy atom. The minimum atomic E-state index is -0.411. The first kappa shape index (κ1) is 14.7. The molecule has 0 atom stereocenters. The summed E-state index contributed by atoms with van der Waals surface area (Å²) in [4.78, 5) is 12.2. The molecule has 0 spiro atoms. The molecule has 1 amide bonds. The third-order valence-corrected chi connectivity index (χ3v) is 3.88. The van der Waals surface area contributed by atoms with E-state index in [1.165, 1.54) is 10.7 Å². The maximum Gasteiger partial charge on any atom is 0.227 e. The van der Waals surface area contributed by atoms with Crippen molar-refractivity contribution in [3.05, 3.63) is 42.0 Å². The van der Waals surface area contributed by atoms with Crippen molar-refractivity contribution in [2.45, 2.75) is 19.8 Å². The largest absolute Gasteiger partial charge is 0.326 e. The Bertz CT molecular complexity index is 677. The zero-order valence-electron chi connectivity index (χ0n) is 12.5. The van der Waals surface area contributed by atoms with Crippen molar-refractivity contribution < 1.29 is 9.18 Å². The summed E-state index contributed by atoms with van der Waals surface area (Å²) in [5, 5.41) is 10.1. The van der Waals surface area contributed by atoms with E-state index in [0.29, 0.717) is 11.4 Å². The molecule has 1 aliphatic rings. The molecule has 22 heavy (non-hydrogen) atoms. The summed E-state index contributed by atoms with van der Waals surface area (Å²) in [7, 11) is 0. The molecule has 1 aromatic heterocycles. The van der Waals surface area contributed by atoms with Crippen LogP contribution in [-0.4, -0.2) is 28.8 Å². The van der Waals surface area contributed by atoms with Gasteiger partial charge in [-0.3, -0.25) is 4.79 Å². The number of carbonyl (C=O) groups is 1. The fourth-order valence-corrected chi connectivity index (χ4v) is 2.64. The van der Waals surface area contributed by atoms with Crippen LogP contribution >= 0.6 is 0 Å². The zero-order valence-corrected chi connectivity index (χ0v) is 12.5. The van der Waals surface area contributed by atoms with E-state index in [0.717, 1.165) is 31.5 Å². The molecule has 2 aromatic rings. The third-order valence-electron chi connectivity index (χ3n) is 3.88. The lowest BCUT2D eigenvalue weighted by molar-refractivity contribution is -0.120. The van der Waals surface area contributed by atoms with Crippen molar-refractivity contribution in [1.29, 1.82) is 0 Å². The zero-order chi connectivity index (χ0) is 15.5. The van der Waals surface area contributed by atoms with Crippen molar-refractivity contribution in [3.63, 3.8) is 0 Å². The monoisotopic (exact) mass is 302 g/mol. The van der Waals surface area contributed by atoms with E-state index in [9.17, 15) is 9.18 Å². The average molecular weight is 302 g/mol. The molecule has 0 radical (unpaired) electrons. The van der Waals surface area contributed by atoms with Gasteiger partial charge in [0.1, 0.15) is 5.69 Å². The molecule has 1 fully saturated rings. The van der Waals surface area contributed by atoms with Crippen molar-refractivity contribution in [1.82, 2.24) is 15.1 Å². The molecule has 1 saturated heterocycles. The van der Waals surface area contributed by atoms with E-state index in [4.69, 9.17) is 0 Å². The quantitative estimate of drug-likeness (QED) is 0.914. The predicted octanol–water partition coefficient (Wildman–Crippen LogP) is 2.26. The number of hydrogen-bond acceptors (Lipinski definition) is 3. The van der Waals surface area contributed by atoms with Crippen molar-refractivity contribution >= 4 is 11.6 Å². The number of halogens is 1. The van der Waals surface area contributed by atoms with Crippen LogP contribution in [0.5, 0.6) is 0 Å². The lowest BCUT2D eigenvalue weighted by atomic mass is 9.97. The predicted molar refractivity (Wildman–Crippen MR) is 82.5 cm³/mol. The Hall–Kier alpha value is -2.21. The lowest BCUT2D eigenvalue weighted by Gasteiger charge is -2.21. The fraction of sp³-hybridized carbons (Fsp3) is 0.375. The minimum Gasteiger partial charge on any atom is -0.326 e. The van der Waals surface area contributed by atoms with E-state index in [-0.39, 0.29) is 11.8 Å². The lowest BCUT2D eigenvalue weighted by Crippen LogP contribution is -2.34. The molecule has 2 heterocycles. The smallest absolute Gasteiger partial charge is 0.227 e. The molecule has 0 saturated carbocycles. The van der Waals surface area contributed by atoms with Crippen LogP contribution in [0.3, 0.4) is 0 Å². The number of anilines is 1. The number of hydrogen-bond donors (Lipinski definition) is 2. The van der Waals surface area contributed by atoms with Crippen LogP contribution in [0.25, 0.3) is 5.69 Å². The van der Waals surface area contributed by atoms with Gasteiger partial charge in [0.05, 0.1) is 6.20 Å².